The third-order valence-corrected chi connectivity index (χ3v) is 9.49. The summed E-state index contributed by atoms with van der Waals surface area (Å²) in [5.74, 6) is -1.25. The molecule has 0 saturated heterocycles. The van der Waals surface area contributed by atoms with Gasteiger partial charge in [0.15, 0.2) is 5.76 Å². The van der Waals surface area contributed by atoms with Crippen LogP contribution in [0.1, 0.15) is 75.7 Å². The Labute approximate surface area is 259 Å². The maximum atomic E-state index is 14.4. The number of hydrogen-bond donors (Lipinski definition) is 1. The lowest BCUT2D eigenvalue weighted by atomic mass is 9.56. The van der Waals surface area contributed by atoms with Crippen molar-refractivity contribution < 1.29 is 26.9 Å². The van der Waals surface area contributed by atoms with Crippen LogP contribution in [0, 0.1) is 12.7 Å². The van der Waals surface area contributed by atoms with Crippen LogP contribution in [-0.4, -0.2) is 63.0 Å². The van der Waals surface area contributed by atoms with Gasteiger partial charge in [-0.25, -0.2) is 8.42 Å². The first-order valence-electron chi connectivity index (χ1n) is 14.8. The maximum absolute atomic E-state index is 14.4. The molecule has 4 radical (unpaired) electrons. The second-order valence-electron chi connectivity index (χ2n) is 11.2. The monoisotopic (exact) mass is 617 g/mol. The fraction of sp³-hybridized carbons (Fsp3) is 0.467. The number of ether oxygens (including phenoxy) is 1. The molecule has 1 spiro atoms. The molecule has 1 aliphatic carbocycles. The fourth-order valence-corrected chi connectivity index (χ4v) is 6.96. The molecule has 2 aliphatic rings. The van der Waals surface area contributed by atoms with Crippen molar-refractivity contribution in [1.29, 1.82) is 0 Å². The molecule has 44 heavy (non-hydrogen) atoms. The van der Waals surface area contributed by atoms with Crippen molar-refractivity contribution in [2.45, 2.75) is 88.1 Å². The lowest BCUT2D eigenvalue weighted by Crippen LogP contribution is -2.54. The molecule has 14 heteroatoms. The Morgan fingerprint density at radius 1 is 1.20 bits per heavy atom. The zero-order valence-corrected chi connectivity index (χ0v) is 25.9. The highest BCUT2D eigenvalue weighted by atomic mass is 32.2. The predicted octanol–water partition coefficient (Wildman–Crippen LogP) is 4.71. The number of aliphatic imine (C=N–C) groups is 1. The molecule has 10 nitrogen and oxygen atoms in total. The summed E-state index contributed by atoms with van der Waals surface area (Å²) in [7, 11) is 9.29. The lowest BCUT2D eigenvalue weighted by molar-refractivity contribution is -0.132. The van der Waals surface area contributed by atoms with Crippen molar-refractivity contribution in [2.24, 2.45) is 4.99 Å². The van der Waals surface area contributed by atoms with Crippen LogP contribution in [0.4, 0.5) is 10.2 Å². The Hall–Kier alpha value is -3.51. The number of carbonyl (C=O) groups is 1. The number of halogens is 1. The van der Waals surface area contributed by atoms with Crippen LogP contribution in [-0.2, 0) is 31.5 Å². The number of aromatic nitrogens is 2. The normalized spacial score (nSPS) is 16.6. The number of anilines is 1. The molecule has 1 N–H and O–H groups in total. The molecular weight excluding hydrogens is 583 g/mol. The molecule has 0 bridgehead atoms. The molecule has 1 aliphatic heterocycles. The SMILES string of the molecule is [B]C([B])(c1ccc(-c2ncccc2S(=O)(=O)Nc2noc(C)c2F)c(COCC)c1)N1C(=O)C2(CCCC2)N=C1CCCC. The van der Waals surface area contributed by atoms with Crippen molar-refractivity contribution in [1.82, 2.24) is 15.0 Å². The van der Waals surface area contributed by atoms with Gasteiger partial charge in [0.25, 0.3) is 15.9 Å². The van der Waals surface area contributed by atoms with Gasteiger partial charge in [-0.2, -0.15) is 4.39 Å². The number of sulfonamides is 1. The van der Waals surface area contributed by atoms with E-state index in [4.69, 9.17) is 29.9 Å². The average molecular weight is 617 g/mol. The summed E-state index contributed by atoms with van der Waals surface area (Å²) in [5.41, 5.74) is 0.650. The minimum Gasteiger partial charge on any atom is -0.377 e. The molecule has 1 fully saturated rings. The third kappa shape index (κ3) is 5.81. The van der Waals surface area contributed by atoms with Gasteiger partial charge in [-0.15, -0.1) is 0 Å². The summed E-state index contributed by atoms with van der Waals surface area (Å²) in [5, 5.41) is 1.73. The quantitative estimate of drug-likeness (QED) is 0.292. The van der Waals surface area contributed by atoms with E-state index in [2.05, 4.69) is 21.8 Å². The minimum absolute atomic E-state index is 0.0744. The van der Waals surface area contributed by atoms with Crippen molar-refractivity contribution >= 4 is 43.3 Å². The largest absolute Gasteiger partial charge is 0.377 e. The van der Waals surface area contributed by atoms with Crippen LogP contribution in [0.2, 0.25) is 0 Å². The van der Waals surface area contributed by atoms with E-state index in [1.165, 1.54) is 30.2 Å². The van der Waals surface area contributed by atoms with E-state index in [0.29, 0.717) is 48.4 Å². The zero-order chi connectivity index (χ0) is 31.7. The van der Waals surface area contributed by atoms with Crippen LogP contribution in [0.25, 0.3) is 11.3 Å². The standard InChI is InChI=1S/C30H34B2FN5O5S/c1-4-6-11-24-35-29(14-7-8-15-29)28(39)38(24)30(31,32)21-12-13-22(20(17-21)18-42-5-2)26-23(10-9-16-34-26)44(40,41)37-27-25(33)19(3)43-36-27/h9-10,12-13,16-17H,4-8,11,14-15,18H2,1-3H3,(H,36,37). The van der Waals surface area contributed by atoms with Gasteiger partial charge in [0.05, 0.1) is 28.0 Å². The summed E-state index contributed by atoms with van der Waals surface area (Å²) in [6.45, 7) is 5.67. The Morgan fingerprint density at radius 3 is 2.61 bits per heavy atom. The fourth-order valence-electron chi connectivity index (χ4n) is 5.79. The number of carbonyl (C=O) groups excluding carboxylic acids is 1. The Kier molecular flexibility index (Phi) is 9.04. The van der Waals surface area contributed by atoms with Gasteiger partial charge >= 0.3 is 0 Å². The summed E-state index contributed by atoms with van der Waals surface area (Å²) in [6.07, 6.45) is 6.89. The van der Waals surface area contributed by atoms with Crippen molar-refractivity contribution in [3.63, 3.8) is 0 Å². The second kappa shape index (κ2) is 12.5. The van der Waals surface area contributed by atoms with Gasteiger partial charge in [-0.1, -0.05) is 49.5 Å². The molecule has 5 rings (SSSR count). The minimum atomic E-state index is -4.36. The van der Waals surface area contributed by atoms with Gasteiger partial charge in [0.1, 0.15) is 16.3 Å². The molecular formula is C30H34B2FN5O5S. The van der Waals surface area contributed by atoms with E-state index in [1.54, 1.807) is 18.2 Å². The molecule has 0 atom stereocenters. The van der Waals surface area contributed by atoms with Gasteiger partial charge in [0, 0.05) is 24.8 Å². The predicted molar refractivity (Wildman–Crippen MR) is 165 cm³/mol. The number of nitrogens with zero attached hydrogens (tertiary/aromatic N) is 4. The van der Waals surface area contributed by atoms with E-state index < -0.39 is 32.5 Å². The topological polar surface area (TPSA) is 127 Å². The molecule has 228 valence electrons. The highest BCUT2D eigenvalue weighted by Crippen LogP contribution is 2.43. The Morgan fingerprint density at radius 2 is 1.95 bits per heavy atom. The lowest BCUT2D eigenvalue weighted by Gasteiger charge is -2.40. The van der Waals surface area contributed by atoms with E-state index in [9.17, 15) is 17.6 Å². The number of nitrogens with one attached hydrogen (secondary N) is 1. The number of pyridine rings is 1. The molecule has 1 saturated carbocycles. The van der Waals surface area contributed by atoms with Crippen LogP contribution in [0.3, 0.4) is 0 Å². The van der Waals surface area contributed by atoms with E-state index in [-0.39, 0.29) is 28.9 Å². The zero-order valence-electron chi connectivity index (χ0n) is 25.1. The molecule has 3 aromatic rings. The maximum Gasteiger partial charge on any atom is 0.265 e. The van der Waals surface area contributed by atoms with Crippen LogP contribution in [0.5, 0.6) is 0 Å². The number of rotatable bonds is 12. The summed E-state index contributed by atoms with van der Waals surface area (Å²) >= 11 is 0. The molecule has 2 aromatic heterocycles. The molecule has 3 heterocycles. The highest BCUT2D eigenvalue weighted by molar-refractivity contribution is 7.92. The summed E-state index contributed by atoms with van der Waals surface area (Å²) in [4.78, 5) is 24.4. The van der Waals surface area contributed by atoms with Crippen molar-refractivity contribution in [3.05, 3.63) is 59.2 Å². The van der Waals surface area contributed by atoms with E-state index in [1.807, 2.05) is 6.92 Å². The van der Waals surface area contributed by atoms with Gasteiger partial charge < -0.3 is 14.2 Å². The molecule has 0 unspecified atom stereocenters. The van der Waals surface area contributed by atoms with Crippen molar-refractivity contribution in [2.75, 3.05) is 11.3 Å². The highest BCUT2D eigenvalue weighted by Gasteiger charge is 2.53. The number of aryl methyl sites for hydroxylation is 1. The smallest absolute Gasteiger partial charge is 0.265 e. The first kappa shape index (κ1) is 31.9. The molecule has 1 amide bonds. The first-order chi connectivity index (χ1) is 20.9. The Balaban J connectivity index is 1.56. The van der Waals surface area contributed by atoms with Crippen LogP contribution in [0.15, 0.2) is 50.9 Å². The first-order valence-corrected chi connectivity index (χ1v) is 16.3. The van der Waals surface area contributed by atoms with Crippen molar-refractivity contribution in [3.8, 4) is 11.3 Å². The van der Waals surface area contributed by atoms with E-state index in [0.717, 1.165) is 25.7 Å². The van der Waals surface area contributed by atoms with Crippen LogP contribution >= 0.6 is 0 Å². The second-order valence-corrected chi connectivity index (χ2v) is 12.9. The summed E-state index contributed by atoms with van der Waals surface area (Å²) < 4.78 is 53.9. The van der Waals surface area contributed by atoms with Crippen LogP contribution < -0.4 is 4.72 Å². The number of amidine groups is 1. The average Bonchev–Trinajstić information content (AvgIpc) is 3.69. The van der Waals surface area contributed by atoms with Gasteiger partial charge in [-0.05, 0) is 61.7 Å². The number of benzene rings is 1. The van der Waals surface area contributed by atoms with E-state index >= 15 is 0 Å². The number of amides is 1. The molecule has 1 aromatic carbocycles. The summed E-state index contributed by atoms with van der Waals surface area (Å²) in [6, 6.07) is 7.81. The Bertz CT molecular complexity index is 1690. The van der Waals surface area contributed by atoms with Gasteiger partial charge in [-0.3, -0.25) is 19.5 Å². The van der Waals surface area contributed by atoms with Gasteiger partial charge in [0.2, 0.25) is 11.6 Å². The number of unbranched alkanes of at least 4 members (excludes halogenated alkanes) is 1. The third-order valence-electron chi connectivity index (χ3n) is 8.12. The number of hydrogen-bond acceptors (Lipinski definition) is 8.